The molecule has 0 bridgehead atoms. The number of rotatable bonds is 10. The molecule has 0 aliphatic rings. The lowest BCUT2D eigenvalue weighted by atomic mass is 10.1. The highest BCUT2D eigenvalue weighted by molar-refractivity contribution is 14.1. The normalized spacial score (nSPS) is 10.8. The van der Waals surface area contributed by atoms with E-state index in [1.807, 2.05) is 13.0 Å². The van der Waals surface area contributed by atoms with Crippen LogP contribution >= 0.6 is 22.6 Å². The van der Waals surface area contributed by atoms with Gasteiger partial charge in [-0.2, -0.15) is 5.26 Å². The predicted octanol–water partition coefficient (Wildman–Crippen LogP) is 5.52. The number of carboxylic acids is 1. The van der Waals surface area contributed by atoms with E-state index in [9.17, 15) is 14.9 Å². The van der Waals surface area contributed by atoms with Gasteiger partial charge in [0.25, 0.3) is 5.91 Å². The molecular weight excluding hydrogens is 575 g/mol. The van der Waals surface area contributed by atoms with Crippen LogP contribution in [-0.4, -0.2) is 30.7 Å². The molecule has 36 heavy (non-hydrogen) atoms. The zero-order valence-corrected chi connectivity index (χ0v) is 21.7. The Morgan fingerprint density at radius 1 is 1.08 bits per heavy atom. The minimum Gasteiger partial charge on any atom is -0.497 e. The van der Waals surface area contributed by atoms with E-state index in [0.29, 0.717) is 35.1 Å². The monoisotopic (exact) mass is 598 g/mol. The molecule has 3 rings (SSSR count). The van der Waals surface area contributed by atoms with E-state index in [-0.39, 0.29) is 17.7 Å². The Bertz CT molecular complexity index is 1310. The fourth-order valence-corrected chi connectivity index (χ4v) is 3.94. The van der Waals surface area contributed by atoms with Crippen LogP contribution in [0.4, 0.5) is 5.69 Å². The Labute approximate surface area is 222 Å². The van der Waals surface area contributed by atoms with Crippen LogP contribution in [0.2, 0.25) is 0 Å². The number of methoxy groups -OCH3 is 1. The number of nitriles is 1. The van der Waals surface area contributed by atoms with Gasteiger partial charge in [0.1, 0.15) is 24.0 Å². The predicted molar refractivity (Wildman–Crippen MR) is 143 cm³/mol. The maximum atomic E-state index is 12.7. The lowest BCUT2D eigenvalue weighted by Gasteiger charge is -2.15. The summed E-state index contributed by atoms with van der Waals surface area (Å²) in [5, 5.41) is 21.3. The van der Waals surface area contributed by atoms with Crippen molar-refractivity contribution in [3.05, 3.63) is 86.5 Å². The van der Waals surface area contributed by atoms with E-state index in [1.165, 1.54) is 18.2 Å². The van der Waals surface area contributed by atoms with Crippen molar-refractivity contribution >= 4 is 46.2 Å². The average molecular weight is 598 g/mol. The van der Waals surface area contributed by atoms with Gasteiger partial charge in [0.2, 0.25) is 0 Å². The Morgan fingerprint density at radius 2 is 1.78 bits per heavy atom. The van der Waals surface area contributed by atoms with Crippen molar-refractivity contribution in [3.8, 4) is 23.3 Å². The SMILES string of the molecule is CCOc1cc(/C=C(\C#N)C(=O)Nc2ccc(OC)cc2)cc(I)c1OCc1ccc(C(=O)O)cc1. The average Bonchev–Trinajstić information content (AvgIpc) is 2.87. The van der Waals surface area contributed by atoms with Crippen molar-refractivity contribution in [2.75, 3.05) is 19.0 Å². The van der Waals surface area contributed by atoms with Crippen molar-refractivity contribution < 1.29 is 28.9 Å². The Morgan fingerprint density at radius 3 is 2.36 bits per heavy atom. The van der Waals surface area contributed by atoms with Gasteiger partial charge in [-0.15, -0.1) is 0 Å². The summed E-state index contributed by atoms with van der Waals surface area (Å²) >= 11 is 2.10. The first-order chi connectivity index (χ1) is 17.3. The zero-order valence-electron chi connectivity index (χ0n) is 19.6. The Balaban J connectivity index is 1.80. The largest absolute Gasteiger partial charge is 0.497 e. The van der Waals surface area contributed by atoms with E-state index in [2.05, 4.69) is 27.9 Å². The van der Waals surface area contributed by atoms with Crippen molar-refractivity contribution in [1.82, 2.24) is 0 Å². The van der Waals surface area contributed by atoms with Crippen LogP contribution < -0.4 is 19.5 Å². The number of hydrogen-bond donors (Lipinski definition) is 2. The van der Waals surface area contributed by atoms with Crippen LogP contribution in [0.3, 0.4) is 0 Å². The number of nitrogens with one attached hydrogen (secondary N) is 1. The highest BCUT2D eigenvalue weighted by Crippen LogP contribution is 2.35. The number of carbonyl (C=O) groups is 2. The number of nitrogens with zero attached hydrogens (tertiary/aromatic N) is 1. The van der Waals surface area contributed by atoms with E-state index >= 15 is 0 Å². The van der Waals surface area contributed by atoms with E-state index in [4.69, 9.17) is 19.3 Å². The van der Waals surface area contributed by atoms with Gasteiger partial charge in [-0.1, -0.05) is 12.1 Å². The molecule has 0 aliphatic carbocycles. The molecule has 0 aliphatic heterocycles. The van der Waals surface area contributed by atoms with E-state index < -0.39 is 11.9 Å². The van der Waals surface area contributed by atoms with Crippen LogP contribution in [0.25, 0.3) is 6.08 Å². The standard InChI is InChI=1S/C27H23IN2O6/c1-3-35-24-14-18(12-20(15-29)26(31)30-21-8-10-22(34-2)11-9-21)13-23(28)25(24)36-16-17-4-6-19(7-5-17)27(32)33/h4-14H,3,16H2,1-2H3,(H,30,31)(H,32,33)/b20-12+. The number of benzene rings is 3. The third-order valence-corrected chi connectivity index (χ3v) is 5.74. The minimum atomic E-state index is -0.992. The second kappa shape index (κ2) is 12.6. The highest BCUT2D eigenvalue weighted by atomic mass is 127. The van der Waals surface area contributed by atoms with Crippen molar-refractivity contribution in [2.45, 2.75) is 13.5 Å². The molecular formula is C27H23IN2O6. The van der Waals surface area contributed by atoms with Crippen molar-refractivity contribution in [1.29, 1.82) is 5.26 Å². The summed E-state index contributed by atoms with van der Waals surface area (Å²) < 4.78 is 17.6. The van der Waals surface area contributed by atoms with E-state index in [0.717, 1.165) is 9.13 Å². The topological polar surface area (TPSA) is 118 Å². The number of carboxylic acid groups (broad SMARTS) is 1. The van der Waals surface area contributed by atoms with Gasteiger partial charge >= 0.3 is 5.97 Å². The maximum absolute atomic E-state index is 12.7. The fourth-order valence-electron chi connectivity index (χ4n) is 3.16. The first kappa shape index (κ1) is 26.6. The van der Waals surface area contributed by atoms with Crippen molar-refractivity contribution in [2.24, 2.45) is 0 Å². The molecule has 2 N–H and O–H groups in total. The molecule has 8 nitrogen and oxygen atoms in total. The zero-order chi connectivity index (χ0) is 26.1. The lowest BCUT2D eigenvalue weighted by Crippen LogP contribution is -2.13. The molecule has 0 saturated carbocycles. The number of amides is 1. The quantitative estimate of drug-likeness (QED) is 0.179. The number of anilines is 1. The number of carbonyl (C=O) groups excluding carboxylic acids is 1. The molecule has 3 aromatic carbocycles. The first-order valence-electron chi connectivity index (χ1n) is 10.8. The van der Waals surface area contributed by atoms with Crippen LogP contribution in [0.15, 0.2) is 66.2 Å². The number of aromatic carboxylic acids is 1. The van der Waals surface area contributed by atoms with E-state index in [1.54, 1.807) is 55.6 Å². The minimum absolute atomic E-state index is 0.0729. The molecule has 0 aromatic heterocycles. The van der Waals surface area contributed by atoms with Crippen LogP contribution in [0.5, 0.6) is 17.2 Å². The lowest BCUT2D eigenvalue weighted by molar-refractivity contribution is -0.112. The third kappa shape index (κ3) is 6.99. The molecule has 0 radical (unpaired) electrons. The van der Waals surface area contributed by atoms with Gasteiger partial charge in [0.05, 0.1) is 22.9 Å². The summed E-state index contributed by atoms with van der Waals surface area (Å²) in [6.45, 7) is 2.43. The Kier molecular flexibility index (Phi) is 9.30. The van der Waals surface area contributed by atoms with Gasteiger partial charge < -0.3 is 24.6 Å². The van der Waals surface area contributed by atoms with Gasteiger partial charge in [0, 0.05) is 5.69 Å². The highest BCUT2D eigenvalue weighted by Gasteiger charge is 2.15. The summed E-state index contributed by atoms with van der Waals surface area (Å²) in [6, 6.07) is 18.6. The molecule has 0 saturated heterocycles. The van der Waals surface area contributed by atoms with Crippen LogP contribution in [0.1, 0.15) is 28.4 Å². The molecule has 1 amide bonds. The first-order valence-corrected chi connectivity index (χ1v) is 11.9. The molecule has 0 fully saturated rings. The molecule has 0 atom stereocenters. The third-order valence-electron chi connectivity index (χ3n) is 4.94. The summed E-state index contributed by atoms with van der Waals surface area (Å²) in [7, 11) is 1.55. The molecule has 0 heterocycles. The van der Waals surface area contributed by atoms with Gasteiger partial charge in [0.15, 0.2) is 11.5 Å². The molecule has 0 unspecified atom stereocenters. The summed E-state index contributed by atoms with van der Waals surface area (Å²) in [6.07, 6.45) is 1.48. The second-order valence-corrected chi connectivity index (χ2v) is 8.57. The molecule has 184 valence electrons. The number of ether oxygens (including phenoxy) is 3. The molecule has 9 heteroatoms. The molecule has 0 spiro atoms. The molecule has 3 aromatic rings. The fraction of sp³-hybridized carbons (Fsp3) is 0.148. The van der Waals surface area contributed by atoms with Crippen molar-refractivity contribution in [3.63, 3.8) is 0 Å². The maximum Gasteiger partial charge on any atom is 0.335 e. The summed E-state index contributed by atoms with van der Waals surface area (Å²) in [5.41, 5.74) is 2.05. The summed E-state index contributed by atoms with van der Waals surface area (Å²) in [4.78, 5) is 23.7. The Hall–Kier alpha value is -4.04. The smallest absolute Gasteiger partial charge is 0.335 e. The second-order valence-electron chi connectivity index (χ2n) is 7.41. The summed E-state index contributed by atoms with van der Waals surface area (Å²) in [5.74, 6) is 0.0971. The van der Waals surface area contributed by atoms with Crippen LogP contribution in [0, 0.1) is 14.9 Å². The van der Waals surface area contributed by atoms with Crippen LogP contribution in [-0.2, 0) is 11.4 Å². The van der Waals surface area contributed by atoms with Gasteiger partial charge in [-0.3, -0.25) is 4.79 Å². The van der Waals surface area contributed by atoms with Gasteiger partial charge in [-0.05, 0) is 95.2 Å². The van der Waals surface area contributed by atoms with Gasteiger partial charge in [-0.25, -0.2) is 4.79 Å². The number of halogens is 1. The number of hydrogen-bond acceptors (Lipinski definition) is 6.